The lowest BCUT2D eigenvalue weighted by molar-refractivity contribution is -0.139. The van der Waals surface area contributed by atoms with Gasteiger partial charge in [0.25, 0.3) is 0 Å². The predicted molar refractivity (Wildman–Crippen MR) is 101 cm³/mol. The molecule has 0 saturated heterocycles. The van der Waals surface area contributed by atoms with Gasteiger partial charge in [-0.1, -0.05) is 62.4 Å². The van der Waals surface area contributed by atoms with Crippen molar-refractivity contribution in [1.29, 1.82) is 0 Å². The van der Waals surface area contributed by atoms with Gasteiger partial charge in [0, 0.05) is 11.0 Å². The lowest BCUT2D eigenvalue weighted by Crippen LogP contribution is -2.18. The maximum Gasteiger partial charge on any atom is 0.333 e. The number of carbonyl (C=O) groups excluding carboxylic acids is 1. The molecule has 132 valence electrons. The average Bonchev–Trinajstić information content (AvgIpc) is 2.59. The topological polar surface area (TPSA) is 35.5 Å². The standard InChI is InChI=1S/C22H26O3/c1-16(2)21(23)25-15-14-24-20-12-10-19(11-13-20)22(4,5)18-8-6-17(3)7-9-18/h6-13H,1,14-15H2,2-5H3. The molecule has 2 aromatic rings. The number of rotatable bonds is 7. The van der Waals surface area contributed by atoms with E-state index in [9.17, 15) is 4.79 Å². The van der Waals surface area contributed by atoms with Gasteiger partial charge in [0.2, 0.25) is 0 Å². The van der Waals surface area contributed by atoms with Crippen LogP contribution in [0.4, 0.5) is 0 Å². The molecule has 3 nitrogen and oxygen atoms in total. The van der Waals surface area contributed by atoms with Gasteiger partial charge in [-0.25, -0.2) is 4.79 Å². The fraction of sp³-hybridized carbons (Fsp3) is 0.318. The van der Waals surface area contributed by atoms with Gasteiger partial charge >= 0.3 is 5.97 Å². The Morgan fingerprint density at radius 1 is 0.960 bits per heavy atom. The monoisotopic (exact) mass is 338 g/mol. The largest absolute Gasteiger partial charge is 0.490 e. The van der Waals surface area contributed by atoms with Crippen molar-refractivity contribution in [3.63, 3.8) is 0 Å². The molecule has 2 aromatic carbocycles. The molecule has 0 spiro atoms. The second kappa shape index (κ2) is 8.02. The molecule has 25 heavy (non-hydrogen) atoms. The molecule has 0 aliphatic heterocycles. The number of hydrogen-bond donors (Lipinski definition) is 0. The minimum atomic E-state index is -0.390. The highest BCUT2D eigenvalue weighted by atomic mass is 16.6. The van der Waals surface area contributed by atoms with Crippen molar-refractivity contribution in [1.82, 2.24) is 0 Å². The number of aryl methyl sites for hydroxylation is 1. The van der Waals surface area contributed by atoms with Gasteiger partial charge in [-0.15, -0.1) is 0 Å². The zero-order valence-electron chi connectivity index (χ0n) is 15.5. The summed E-state index contributed by atoms with van der Waals surface area (Å²) >= 11 is 0. The highest BCUT2D eigenvalue weighted by Crippen LogP contribution is 2.32. The Balaban J connectivity index is 1.96. The Kier molecular flexibility index (Phi) is 6.02. The van der Waals surface area contributed by atoms with E-state index in [1.807, 2.05) is 12.1 Å². The zero-order valence-corrected chi connectivity index (χ0v) is 15.5. The van der Waals surface area contributed by atoms with E-state index in [0.717, 1.165) is 5.75 Å². The SMILES string of the molecule is C=C(C)C(=O)OCCOc1ccc(C(C)(C)c2ccc(C)cc2)cc1. The molecule has 0 aliphatic carbocycles. The van der Waals surface area contributed by atoms with Crippen molar-refractivity contribution in [3.8, 4) is 5.75 Å². The Bertz CT molecular complexity index is 725. The number of ether oxygens (including phenoxy) is 2. The molecule has 0 fully saturated rings. The molecule has 0 amide bonds. The third kappa shape index (κ3) is 4.96. The molecule has 0 heterocycles. The van der Waals surface area contributed by atoms with E-state index in [2.05, 4.69) is 63.7 Å². The Hall–Kier alpha value is -2.55. The molecule has 0 N–H and O–H groups in total. The van der Waals surface area contributed by atoms with Crippen LogP contribution in [0.5, 0.6) is 5.75 Å². The van der Waals surface area contributed by atoms with Crippen molar-refractivity contribution in [2.24, 2.45) is 0 Å². The molecule has 0 bridgehead atoms. The van der Waals surface area contributed by atoms with E-state index in [4.69, 9.17) is 9.47 Å². The zero-order chi connectivity index (χ0) is 18.4. The third-order valence-electron chi connectivity index (χ3n) is 4.28. The first-order chi connectivity index (χ1) is 11.8. The maximum absolute atomic E-state index is 11.3. The molecular formula is C22H26O3. The van der Waals surface area contributed by atoms with E-state index in [-0.39, 0.29) is 12.0 Å². The summed E-state index contributed by atoms with van der Waals surface area (Å²) in [5.41, 5.74) is 4.07. The summed E-state index contributed by atoms with van der Waals surface area (Å²) in [6.45, 7) is 12.2. The summed E-state index contributed by atoms with van der Waals surface area (Å²) in [6.07, 6.45) is 0. The van der Waals surface area contributed by atoms with Gasteiger partial charge in [-0.05, 0) is 37.1 Å². The molecule has 3 heteroatoms. The van der Waals surface area contributed by atoms with Crippen molar-refractivity contribution in [3.05, 3.63) is 77.4 Å². The molecular weight excluding hydrogens is 312 g/mol. The fourth-order valence-electron chi connectivity index (χ4n) is 2.52. The third-order valence-corrected chi connectivity index (χ3v) is 4.28. The first kappa shape index (κ1) is 18.8. The van der Waals surface area contributed by atoms with Gasteiger partial charge < -0.3 is 9.47 Å². The van der Waals surface area contributed by atoms with Crippen LogP contribution in [-0.4, -0.2) is 19.2 Å². The van der Waals surface area contributed by atoms with Crippen LogP contribution in [-0.2, 0) is 14.9 Å². The summed E-state index contributed by atoms with van der Waals surface area (Å²) in [6, 6.07) is 16.7. The number of hydrogen-bond acceptors (Lipinski definition) is 3. The van der Waals surface area contributed by atoms with E-state index < -0.39 is 5.97 Å². The van der Waals surface area contributed by atoms with Gasteiger partial charge in [0.15, 0.2) is 0 Å². The minimum Gasteiger partial charge on any atom is -0.490 e. The van der Waals surface area contributed by atoms with Crippen LogP contribution in [0, 0.1) is 6.92 Å². The molecule has 0 radical (unpaired) electrons. The second-order valence-electron chi connectivity index (χ2n) is 6.78. The molecule has 0 atom stereocenters. The fourth-order valence-corrected chi connectivity index (χ4v) is 2.52. The smallest absolute Gasteiger partial charge is 0.333 e. The van der Waals surface area contributed by atoms with Crippen molar-refractivity contribution in [2.75, 3.05) is 13.2 Å². The van der Waals surface area contributed by atoms with Crippen molar-refractivity contribution in [2.45, 2.75) is 33.1 Å². The number of esters is 1. The maximum atomic E-state index is 11.3. The highest BCUT2D eigenvalue weighted by Gasteiger charge is 2.22. The molecule has 0 unspecified atom stereocenters. The Morgan fingerprint density at radius 2 is 1.48 bits per heavy atom. The van der Waals surface area contributed by atoms with E-state index in [0.29, 0.717) is 12.2 Å². The summed E-state index contributed by atoms with van der Waals surface area (Å²) < 4.78 is 10.6. The number of carbonyl (C=O) groups is 1. The van der Waals surface area contributed by atoms with E-state index in [1.54, 1.807) is 6.92 Å². The lowest BCUT2D eigenvalue weighted by Gasteiger charge is -2.26. The highest BCUT2D eigenvalue weighted by molar-refractivity contribution is 5.86. The molecule has 0 saturated carbocycles. The minimum absolute atomic E-state index is 0.0801. The first-order valence-electron chi connectivity index (χ1n) is 8.44. The molecule has 2 rings (SSSR count). The van der Waals surface area contributed by atoms with Crippen molar-refractivity contribution >= 4 is 5.97 Å². The van der Waals surface area contributed by atoms with E-state index >= 15 is 0 Å². The summed E-state index contributed by atoms with van der Waals surface area (Å²) in [4.78, 5) is 11.3. The number of benzene rings is 2. The van der Waals surface area contributed by atoms with Crippen molar-refractivity contribution < 1.29 is 14.3 Å². The van der Waals surface area contributed by atoms with Crippen LogP contribution in [0.2, 0.25) is 0 Å². The van der Waals surface area contributed by atoms with Gasteiger partial charge in [-0.2, -0.15) is 0 Å². The second-order valence-corrected chi connectivity index (χ2v) is 6.78. The van der Waals surface area contributed by atoms with Crippen LogP contribution < -0.4 is 4.74 Å². The summed E-state index contributed by atoms with van der Waals surface area (Å²) in [5.74, 6) is 0.369. The Morgan fingerprint density at radius 3 is 2.00 bits per heavy atom. The van der Waals surface area contributed by atoms with Crippen LogP contribution >= 0.6 is 0 Å². The first-order valence-corrected chi connectivity index (χ1v) is 8.44. The quantitative estimate of drug-likeness (QED) is 0.412. The van der Waals surface area contributed by atoms with Crippen LogP contribution in [0.25, 0.3) is 0 Å². The van der Waals surface area contributed by atoms with Gasteiger partial charge in [0.05, 0.1) is 0 Å². The van der Waals surface area contributed by atoms with Gasteiger partial charge in [-0.3, -0.25) is 0 Å². The van der Waals surface area contributed by atoms with E-state index in [1.165, 1.54) is 16.7 Å². The normalized spacial score (nSPS) is 11.0. The van der Waals surface area contributed by atoms with Crippen LogP contribution in [0.15, 0.2) is 60.7 Å². The average molecular weight is 338 g/mol. The lowest BCUT2D eigenvalue weighted by atomic mass is 9.78. The summed E-state index contributed by atoms with van der Waals surface area (Å²) in [7, 11) is 0. The molecule has 0 aromatic heterocycles. The Labute approximate surface area is 150 Å². The van der Waals surface area contributed by atoms with Crippen LogP contribution in [0.1, 0.15) is 37.5 Å². The summed E-state index contributed by atoms with van der Waals surface area (Å²) in [5, 5.41) is 0. The van der Waals surface area contributed by atoms with Crippen LogP contribution in [0.3, 0.4) is 0 Å². The predicted octanol–water partition coefficient (Wildman–Crippen LogP) is 4.82. The molecule has 0 aliphatic rings. The van der Waals surface area contributed by atoms with Gasteiger partial charge in [0.1, 0.15) is 19.0 Å².